The average molecular weight is 337 g/mol. The summed E-state index contributed by atoms with van der Waals surface area (Å²) < 4.78 is 54.4. The highest BCUT2D eigenvalue weighted by molar-refractivity contribution is 5.85. The molecule has 128 valence electrons. The standard InChI is InChI=1S/C13H14F3NO6/c1-21-11(19)12(20,13(14,15)16)9-6-8(7-18)23-10(9)17-2-4-22-5-3-17/h6-7,20H,2-5H2,1H3. The molecule has 1 atom stereocenters. The van der Waals surface area contributed by atoms with Crippen molar-refractivity contribution in [1.29, 1.82) is 0 Å². The number of nitrogens with zero attached hydrogens (tertiary/aromatic N) is 1. The van der Waals surface area contributed by atoms with Crippen molar-refractivity contribution in [2.24, 2.45) is 0 Å². The molecule has 1 saturated heterocycles. The summed E-state index contributed by atoms with van der Waals surface area (Å²) in [5.41, 5.74) is -4.83. The van der Waals surface area contributed by atoms with Gasteiger partial charge in [0.25, 0.3) is 5.60 Å². The molecular formula is C13H14F3NO6. The van der Waals surface area contributed by atoms with Crippen LogP contribution in [0, 0.1) is 0 Å². The van der Waals surface area contributed by atoms with Gasteiger partial charge in [-0.05, 0) is 6.07 Å². The third-order valence-electron chi connectivity index (χ3n) is 3.43. The van der Waals surface area contributed by atoms with Crippen LogP contribution in [0.1, 0.15) is 16.1 Å². The van der Waals surface area contributed by atoms with E-state index in [1.807, 2.05) is 0 Å². The number of hydrogen-bond acceptors (Lipinski definition) is 7. The Morgan fingerprint density at radius 1 is 1.39 bits per heavy atom. The van der Waals surface area contributed by atoms with E-state index >= 15 is 0 Å². The second-order valence-electron chi connectivity index (χ2n) is 4.78. The molecule has 0 spiro atoms. The molecule has 1 aliphatic heterocycles. The number of carbonyl (C=O) groups excluding carboxylic acids is 2. The quantitative estimate of drug-likeness (QED) is 0.643. The third kappa shape index (κ3) is 2.91. The minimum Gasteiger partial charge on any atom is -0.466 e. The Kier molecular flexibility index (Phi) is 4.66. The van der Waals surface area contributed by atoms with Gasteiger partial charge in [-0.2, -0.15) is 13.2 Å². The number of aldehydes is 1. The van der Waals surface area contributed by atoms with E-state index < -0.39 is 35.0 Å². The summed E-state index contributed by atoms with van der Waals surface area (Å²) in [6.07, 6.45) is -5.19. The summed E-state index contributed by atoms with van der Waals surface area (Å²) in [7, 11) is 0.716. The molecule has 1 fully saturated rings. The number of esters is 1. The van der Waals surface area contributed by atoms with Crippen LogP contribution >= 0.6 is 0 Å². The molecule has 1 aliphatic rings. The molecule has 1 N–H and O–H groups in total. The smallest absolute Gasteiger partial charge is 0.432 e. The van der Waals surface area contributed by atoms with Gasteiger partial charge in [0.2, 0.25) is 5.88 Å². The van der Waals surface area contributed by atoms with Gasteiger partial charge >= 0.3 is 12.1 Å². The third-order valence-corrected chi connectivity index (χ3v) is 3.43. The minimum absolute atomic E-state index is 0.175. The molecule has 0 saturated carbocycles. The maximum atomic E-state index is 13.4. The Morgan fingerprint density at radius 2 is 2.00 bits per heavy atom. The van der Waals surface area contributed by atoms with Crippen molar-refractivity contribution in [3.05, 3.63) is 17.4 Å². The number of carbonyl (C=O) groups is 2. The summed E-state index contributed by atoms with van der Waals surface area (Å²) >= 11 is 0. The Balaban J connectivity index is 2.60. The van der Waals surface area contributed by atoms with Crippen molar-refractivity contribution in [3.8, 4) is 0 Å². The van der Waals surface area contributed by atoms with Crippen LogP contribution in [0.3, 0.4) is 0 Å². The van der Waals surface area contributed by atoms with E-state index in [2.05, 4.69) is 4.74 Å². The fourth-order valence-corrected chi connectivity index (χ4v) is 2.24. The van der Waals surface area contributed by atoms with Crippen LogP contribution in [-0.4, -0.2) is 57.0 Å². The van der Waals surface area contributed by atoms with Gasteiger partial charge in [-0.1, -0.05) is 0 Å². The van der Waals surface area contributed by atoms with Crippen molar-refractivity contribution in [2.45, 2.75) is 11.8 Å². The average Bonchev–Trinajstić information content (AvgIpc) is 2.97. The van der Waals surface area contributed by atoms with Crippen LogP contribution in [0.15, 0.2) is 10.5 Å². The molecule has 0 aromatic carbocycles. The van der Waals surface area contributed by atoms with E-state index in [9.17, 15) is 27.9 Å². The summed E-state index contributed by atoms with van der Waals surface area (Å²) in [6.45, 7) is 0.792. The van der Waals surface area contributed by atoms with Crippen LogP contribution in [0.5, 0.6) is 0 Å². The molecule has 7 nitrogen and oxygen atoms in total. The van der Waals surface area contributed by atoms with Gasteiger partial charge in [-0.15, -0.1) is 0 Å². The number of furan rings is 1. The van der Waals surface area contributed by atoms with E-state index in [-0.39, 0.29) is 32.6 Å². The Morgan fingerprint density at radius 3 is 2.48 bits per heavy atom. The first-order chi connectivity index (χ1) is 10.8. The lowest BCUT2D eigenvalue weighted by Gasteiger charge is -2.32. The van der Waals surface area contributed by atoms with Crippen LogP contribution < -0.4 is 4.90 Å². The first-order valence-corrected chi connectivity index (χ1v) is 6.55. The Labute approximate surface area is 128 Å². The maximum Gasteiger partial charge on any atom is 0.432 e. The molecule has 1 aromatic rings. The number of morpholine rings is 1. The van der Waals surface area contributed by atoms with E-state index in [1.165, 1.54) is 4.90 Å². The lowest BCUT2D eigenvalue weighted by Crippen LogP contribution is -2.50. The zero-order valence-corrected chi connectivity index (χ0v) is 12.1. The van der Waals surface area contributed by atoms with Crippen LogP contribution in [0.2, 0.25) is 0 Å². The fourth-order valence-electron chi connectivity index (χ4n) is 2.24. The largest absolute Gasteiger partial charge is 0.466 e. The van der Waals surface area contributed by atoms with Gasteiger partial charge in [0.05, 0.1) is 25.9 Å². The molecular weight excluding hydrogens is 323 g/mol. The number of rotatable bonds is 4. The van der Waals surface area contributed by atoms with Crippen LogP contribution in [0.25, 0.3) is 0 Å². The van der Waals surface area contributed by atoms with Gasteiger partial charge in [-0.25, -0.2) is 4.79 Å². The van der Waals surface area contributed by atoms with Gasteiger partial charge in [0.15, 0.2) is 12.0 Å². The topological polar surface area (TPSA) is 89.2 Å². The number of hydrogen-bond donors (Lipinski definition) is 1. The van der Waals surface area contributed by atoms with E-state index in [1.54, 1.807) is 0 Å². The normalized spacial score (nSPS) is 18.4. The van der Waals surface area contributed by atoms with Crippen molar-refractivity contribution in [1.82, 2.24) is 0 Å². The van der Waals surface area contributed by atoms with Gasteiger partial charge in [0, 0.05) is 13.1 Å². The van der Waals surface area contributed by atoms with Gasteiger partial charge in [0.1, 0.15) is 0 Å². The highest BCUT2D eigenvalue weighted by Gasteiger charge is 2.64. The highest BCUT2D eigenvalue weighted by Crippen LogP contribution is 2.45. The summed E-state index contributed by atoms with van der Waals surface area (Å²) in [4.78, 5) is 23.9. The Bertz CT molecular complexity index is 593. The molecule has 10 heteroatoms. The van der Waals surface area contributed by atoms with Crippen molar-refractivity contribution < 1.29 is 41.8 Å². The predicted octanol–water partition coefficient (Wildman–Crippen LogP) is 0.852. The molecule has 0 amide bonds. The zero-order chi connectivity index (χ0) is 17.3. The number of alkyl halides is 3. The molecule has 1 aromatic heterocycles. The van der Waals surface area contributed by atoms with Crippen molar-refractivity contribution in [2.75, 3.05) is 38.3 Å². The molecule has 0 aliphatic carbocycles. The summed E-state index contributed by atoms with van der Waals surface area (Å²) in [5, 5.41) is 10.1. The van der Waals surface area contributed by atoms with Crippen LogP contribution in [0.4, 0.5) is 19.1 Å². The van der Waals surface area contributed by atoms with E-state index in [0.717, 1.165) is 0 Å². The number of ether oxygens (including phenoxy) is 2. The number of methoxy groups -OCH3 is 1. The zero-order valence-electron chi connectivity index (χ0n) is 12.1. The van der Waals surface area contributed by atoms with E-state index in [4.69, 9.17) is 9.15 Å². The second kappa shape index (κ2) is 6.20. The number of anilines is 1. The molecule has 2 heterocycles. The SMILES string of the molecule is COC(=O)C(O)(c1cc(C=O)oc1N1CCOCC1)C(F)(F)F. The van der Waals surface area contributed by atoms with E-state index in [0.29, 0.717) is 13.2 Å². The monoisotopic (exact) mass is 337 g/mol. The first kappa shape index (κ1) is 17.3. The fraction of sp³-hybridized carbons (Fsp3) is 0.538. The van der Waals surface area contributed by atoms with Crippen molar-refractivity contribution >= 4 is 18.1 Å². The number of aliphatic hydroxyl groups is 1. The van der Waals surface area contributed by atoms with Gasteiger partial charge in [-0.3, -0.25) is 4.79 Å². The predicted molar refractivity (Wildman–Crippen MR) is 69.1 cm³/mol. The summed E-state index contributed by atoms with van der Waals surface area (Å²) in [6, 6.07) is 0.683. The molecule has 23 heavy (non-hydrogen) atoms. The minimum atomic E-state index is -5.37. The molecule has 0 bridgehead atoms. The maximum absolute atomic E-state index is 13.4. The summed E-state index contributed by atoms with van der Waals surface area (Å²) in [5.74, 6) is -2.79. The Hall–Kier alpha value is -2.07. The molecule has 0 radical (unpaired) electrons. The van der Waals surface area contributed by atoms with Gasteiger partial charge < -0.3 is 23.9 Å². The lowest BCUT2D eigenvalue weighted by atomic mass is 9.94. The highest BCUT2D eigenvalue weighted by atomic mass is 19.4. The lowest BCUT2D eigenvalue weighted by molar-refractivity contribution is -0.266. The van der Waals surface area contributed by atoms with Crippen LogP contribution in [-0.2, 0) is 19.9 Å². The molecule has 1 unspecified atom stereocenters. The molecule has 2 rings (SSSR count). The number of halogens is 3. The first-order valence-electron chi connectivity index (χ1n) is 6.55. The van der Waals surface area contributed by atoms with Crippen molar-refractivity contribution in [3.63, 3.8) is 0 Å². The second-order valence-corrected chi connectivity index (χ2v) is 4.78.